The summed E-state index contributed by atoms with van der Waals surface area (Å²) < 4.78 is 10.4. The van der Waals surface area contributed by atoms with Crippen LogP contribution in [0.5, 0.6) is 0 Å². The summed E-state index contributed by atoms with van der Waals surface area (Å²) in [4.78, 5) is 37.0. The Morgan fingerprint density at radius 1 is 1.09 bits per heavy atom. The lowest BCUT2D eigenvalue weighted by molar-refractivity contribution is -0.167. The molecule has 4 aliphatic carbocycles. The van der Waals surface area contributed by atoms with E-state index in [9.17, 15) is 14.4 Å². The van der Waals surface area contributed by atoms with E-state index in [4.69, 9.17) is 9.47 Å². The van der Waals surface area contributed by atoms with Crippen molar-refractivity contribution in [1.29, 1.82) is 0 Å². The minimum Gasteiger partial charge on any atom is -0.469 e. The maximum atomic E-state index is 13.8. The number of hydrogen-bond acceptors (Lipinski definition) is 5. The summed E-state index contributed by atoms with van der Waals surface area (Å²) in [6.07, 6.45) is 9.61. The molecule has 32 heavy (non-hydrogen) atoms. The number of methoxy groups -OCH3 is 1. The highest BCUT2D eigenvalue weighted by Crippen LogP contribution is 2.67. The van der Waals surface area contributed by atoms with Crippen molar-refractivity contribution >= 4 is 17.7 Å². The van der Waals surface area contributed by atoms with Gasteiger partial charge >= 0.3 is 11.9 Å². The summed E-state index contributed by atoms with van der Waals surface area (Å²) >= 11 is 0. The van der Waals surface area contributed by atoms with Crippen LogP contribution in [0.15, 0.2) is 0 Å². The Morgan fingerprint density at radius 3 is 2.53 bits per heavy atom. The molecule has 0 amide bonds. The van der Waals surface area contributed by atoms with Crippen LogP contribution in [0, 0.1) is 46.3 Å². The van der Waals surface area contributed by atoms with Crippen molar-refractivity contribution in [2.24, 2.45) is 46.3 Å². The predicted molar refractivity (Wildman–Crippen MR) is 122 cm³/mol. The lowest BCUT2D eigenvalue weighted by Crippen LogP contribution is -2.57. The predicted octanol–water partition coefficient (Wildman–Crippen LogP) is 5.35. The third-order valence-corrected chi connectivity index (χ3v) is 10.6. The van der Waals surface area contributed by atoms with Gasteiger partial charge in [0.2, 0.25) is 0 Å². The van der Waals surface area contributed by atoms with E-state index in [2.05, 4.69) is 20.8 Å². The van der Waals surface area contributed by atoms with Gasteiger partial charge in [-0.25, -0.2) is 0 Å². The molecule has 5 nitrogen and oxygen atoms in total. The first-order valence-corrected chi connectivity index (χ1v) is 12.9. The van der Waals surface area contributed by atoms with Gasteiger partial charge in [0.1, 0.15) is 11.9 Å². The molecular formula is C27H42O5. The molecule has 4 saturated carbocycles. The maximum Gasteiger partial charge on any atom is 0.305 e. The van der Waals surface area contributed by atoms with Gasteiger partial charge in [0.05, 0.1) is 7.11 Å². The van der Waals surface area contributed by atoms with Gasteiger partial charge in [-0.15, -0.1) is 0 Å². The van der Waals surface area contributed by atoms with E-state index in [1.807, 2.05) is 0 Å². The van der Waals surface area contributed by atoms with Crippen molar-refractivity contribution in [3.05, 3.63) is 0 Å². The standard InChI is InChI=1S/C27H42O5/c1-16(6-11-25(30)31-5)21-9-10-22-20-8-7-18-14-19(32-17(2)28)12-13-26(18,3)23(20)15-24(29)27(21,22)4/h16,18-23H,6-15H2,1-5H3/t16-,18-,19-,20+,21+,22-,23+,26+,27-/m1/s1. The number of esters is 2. The normalized spacial score (nSPS) is 44.1. The van der Waals surface area contributed by atoms with Crippen LogP contribution < -0.4 is 0 Å². The van der Waals surface area contributed by atoms with Crippen molar-refractivity contribution in [3.8, 4) is 0 Å². The van der Waals surface area contributed by atoms with E-state index < -0.39 is 0 Å². The Kier molecular flexibility index (Phi) is 6.50. The van der Waals surface area contributed by atoms with Gasteiger partial charge in [-0.05, 0) is 92.3 Å². The molecule has 0 spiro atoms. The van der Waals surface area contributed by atoms with Crippen LogP contribution in [-0.2, 0) is 23.9 Å². The number of carbonyl (C=O) groups is 3. The van der Waals surface area contributed by atoms with Crippen molar-refractivity contribution in [2.45, 2.75) is 98.0 Å². The van der Waals surface area contributed by atoms with Crippen molar-refractivity contribution in [2.75, 3.05) is 7.11 Å². The largest absolute Gasteiger partial charge is 0.469 e. The number of ketones is 1. The van der Waals surface area contributed by atoms with Gasteiger partial charge in [0.25, 0.3) is 0 Å². The Labute approximate surface area is 193 Å². The smallest absolute Gasteiger partial charge is 0.305 e. The molecule has 0 N–H and O–H groups in total. The molecule has 4 rings (SSSR count). The first-order chi connectivity index (χ1) is 15.1. The van der Waals surface area contributed by atoms with E-state index in [0.717, 1.165) is 38.5 Å². The number of fused-ring (bicyclic) bond motifs is 5. The molecule has 0 radical (unpaired) electrons. The summed E-state index contributed by atoms with van der Waals surface area (Å²) in [5.74, 6) is 3.00. The zero-order valence-corrected chi connectivity index (χ0v) is 20.7. The molecule has 0 aliphatic heterocycles. The van der Waals surface area contributed by atoms with E-state index in [-0.39, 0.29) is 28.9 Å². The van der Waals surface area contributed by atoms with Gasteiger partial charge in [-0.3, -0.25) is 14.4 Å². The average Bonchev–Trinajstić information content (AvgIpc) is 3.11. The fraction of sp³-hybridized carbons (Fsp3) is 0.889. The van der Waals surface area contributed by atoms with Crippen LogP contribution in [-0.4, -0.2) is 30.9 Å². The van der Waals surface area contributed by atoms with Crippen LogP contribution in [0.25, 0.3) is 0 Å². The van der Waals surface area contributed by atoms with E-state index in [0.29, 0.717) is 54.1 Å². The van der Waals surface area contributed by atoms with Crippen LogP contribution in [0.2, 0.25) is 0 Å². The molecule has 0 aromatic carbocycles. The molecule has 0 bridgehead atoms. The third kappa shape index (κ3) is 3.81. The second kappa shape index (κ2) is 8.76. The van der Waals surface area contributed by atoms with Gasteiger partial charge in [0, 0.05) is 25.2 Å². The van der Waals surface area contributed by atoms with Crippen LogP contribution in [0.1, 0.15) is 91.9 Å². The van der Waals surface area contributed by atoms with Crippen molar-refractivity contribution in [3.63, 3.8) is 0 Å². The lowest BCUT2D eigenvalue weighted by atomic mass is 9.44. The highest BCUT2D eigenvalue weighted by Gasteiger charge is 2.64. The molecular weight excluding hydrogens is 404 g/mol. The SMILES string of the molecule is COC(=O)CC[C@@H](C)[C@@H]1CC[C@@H]2[C@@H]3CC[C@@H]4C[C@H](OC(C)=O)CC[C@]4(C)[C@H]3CC(=O)[C@@]21C. The van der Waals surface area contributed by atoms with Gasteiger partial charge in [-0.2, -0.15) is 0 Å². The first kappa shape index (κ1) is 23.8. The second-order valence-corrected chi connectivity index (χ2v) is 11.8. The van der Waals surface area contributed by atoms with E-state index in [1.54, 1.807) is 0 Å². The average molecular weight is 447 g/mol. The number of rotatable bonds is 5. The topological polar surface area (TPSA) is 69.7 Å². The zero-order chi connectivity index (χ0) is 23.3. The Morgan fingerprint density at radius 2 is 1.84 bits per heavy atom. The number of hydrogen-bond donors (Lipinski definition) is 0. The number of carbonyl (C=O) groups excluding carboxylic acids is 3. The molecule has 0 aromatic rings. The molecule has 0 unspecified atom stereocenters. The van der Waals surface area contributed by atoms with Crippen molar-refractivity contribution < 1.29 is 23.9 Å². The first-order valence-electron chi connectivity index (χ1n) is 12.9. The highest BCUT2D eigenvalue weighted by atomic mass is 16.5. The minimum absolute atomic E-state index is 0.0539. The zero-order valence-electron chi connectivity index (χ0n) is 20.7. The molecule has 180 valence electrons. The quantitative estimate of drug-likeness (QED) is 0.533. The fourth-order valence-electron chi connectivity index (χ4n) is 8.86. The Balaban J connectivity index is 1.50. The molecule has 9 atom stereocenters. The van der Waals surface area contributed by atoms with E-state index >= 15 is 0 Å². The van der Waals surface area contributed by atoms with E-state index in [1.165, 1.54) is 26.9 Å². The summed E-state index contributed by atoms with van der Waals surface area (Å²) in [5.41, 5.74) is -0.0556. The third-order valence-electron chi connectivity index (χ3n) is 10.6. The van der Waals surface area contributed by atoms with Crippen molar-refractivity contribution in [1.82, 2.24) is 0 Å². The van der Waals surface area contributed by atoms with Gasteiger partial charge < -0.3 is 9.47 Å². The number of ether oxygens (including phenoxy) is 2. The molecule has 4 aliphatic rings. The van der Waals surface area contributed by atoms with Crippen LogP contribution in [0.4, 0.5) is 0 Å². The summed E-state index contributed by atoms with van der Waals surface area (Å²) in [6, 6.07) is 0. The lowest BCUT2D eigenvalue weighted by Gasteiger charge is -2.60. The minimum atomic E-state index is -0.241. The molecule has 4 fully saturated rings. The molecule has 5 heteroatoms. The molecule has 0 saturated heterocycles. The molecule has 0 aromatic heterocycles. The summed E-state index contributed by atoms with van der Waals surface area (Å²) in [5, 5.41) is 0. The van der Waals surface area contributed by atoms with Crippen LogP contribution in [0.3, 0.4) is 0 Å². The number of Topliss-reactive ketones (excluding diaryl/α,β-unsaturated/α-hetero) is 1. The fourth-order valence-corrected chi connectivity index (χ4v) is 8.86. The van der Waals surface area contributed by atoms with Gasteiger partial charge in [0.15, 0.2) is 0 Å². The molecule has 0 heterocycles. The Bertz CT molecular complexity index is 761. The maximum absolute atomic E-state index is 13.8. The summed E-state index contributed by atoms with van der Waals surface area (Å²) in [7, 11) is 1.45. The summed E-state index contributed by atoms with van der Waals surface area (Å²) in [6.45, 7) is 8.43. The monoisotopic (exact) mass is 446 g/mol. The second-order valence-electron chi connectivity index (χ2n) is 11.8. The van der Waals surface area contributed by atoms with Crippen LogP contribution >= 0.6 is 0 Å². The highest BCUT2D eigenvalue weighted by molar-refractivity contribution is 5.87. The van der Waals surface area contributed by atoms with Gasteiger partial charge in [-0.1, -0.05) is 20.8 Å². The Hall–Kier alpha value is -1.39.